The summed E-state index contributed by atoms with van der Waals surface area (Å²) in [5, 5.41) is 1.81. The quantitative estimate of drug-likeness (QED) is 0.651. The van der Waals surface area contributed by atoms with E-state index in [1.807, 2.05) is 59.5 Å². The Hall–Kier alpha value is -2.39. The van der Waals surface area contributed by atoms with E-state index in [2.05, 4.69) is 4.98 Å². The van der Waals surface area contributed by atoms with E-state index >= 15 is 0 Å². The van der Waals surface area contributed by atoms with Crippen molar-refractivity contribution in [1.29, 1.82) is 0 Å². The van der Waals surface area contributed by atoms with Crippen molar-refractivity contribution in [2.75, 3.05) is 4.90 Å². The van der Waals surface area contributed by atoms with Crippen LogP contribution in [0.4, 0.5) is 5.69 Å². The average molecular weight is 337 g/mol. The summed E-state index contributed by atoms with van der Waals surface area (Å²) in [5.74, 6) is 0.175. The van der Waals surface area contributed by atoms with Crippen LogP contribution in [-0.2, 0) is 11.2 Å². The highest BCUT2D eigenvalue weighted by atomic mass is 35.5. The number of amides is 1. The minimum Gasteiger partial charge on any atom is -0.307 e. The standard InChI is InChI=1S/C20H17ClN2O/c21-16-9-6-14(7-10-16)8-11-17-13-19(24)23(17)18-5-1-3-15-4-2-12-22-20(15)18/h1-7,9-10,12,17H,8,11,13H2. The molecule has 0 aliphatic carbocycles. The van der Waals surface area contributed by atoms with Crippen LogP contribution >= 0.6 is 11.6 Å². The molecule has 2 aromatic carbocycles. The van der Waals surface area contributed by atoms with E-state index in [4.69, 9.17) is 11.6 Å². The molecule has 1 aromatic heterocycles. The Labute approximate surface area is 145 Å². The molecule has 1 amide bonds. The third kappa shape index (κ3) is 2.76. The largest absolute Gasteiger partial charge is 0.307 e. The normalized spacial score (nSPS) is 17.1. The van der Waals surface area contributed by atoms with Crippen LogP contribution in [0.25, 0.3) is 10.9 Å². The van der Waals surface area contributed by atoms with Crippen molar-refractivity contribution in [3.05, 3.63) is 71.4 Å². The van der Waals surface area contributed by atoms with Gasteiger partial charge >= 0.3 is 0 Å². The van der Waals surface area contributed by atoms with Crippen LogP contribution in [-0.4, -0.2) is 16.9 Å². The van der Waals surface area contributed by atoms with Gasteiger partial charge in [-0.2, -0.15) is 0 Å². The first kappa shape index (κ1) is 15.2. The highest BCUT2D eigenvalue weighted by Crippen LogP contribution is 2.34. The van der Waals surface area contributed by atoms with Crippen LogP contribution < -0.4 is 4.90 Å². The molecule has 1 aliphatic rings. The van der Waals surface area contributed by atoms with Gasteiger partial charge in [-0.1, -0.05) is 41.9 Å². The van der Waals surface area contributed by atoms with Crippen molar-refractivity contribution < 1.29 is 4.79 Å². The van der Waals surface area contributed by atoms with E-state index in [0.717, 1.165) is 34.5 Å². The Kier molecular flexibility index (Phi) is 3.95. The first-order chi connectivity index (χ1) is 11.7. The van der Waals surface area contributed by atoms with Gasteiger partial charge < -0.3 is 4.90 Å². The molecule has 120 valence electrons. The molecule has 4 heteroatoms. The fraction of sp³-hybridized carbons (Fsp3) is 0.200. The van der Waals surface area contributed by atoms with E-state index in [0.29, 0.717) is 6.42 Å². The zero-order valence-corrected chi connectivity index (χ0v) is 13.9. The second-order valence-electron chi connectivity index (χ2n) is 6.14. The van der Waals surface area contributed by atoms with Gasteiger partial charge in [-0.15, -0.1) is 0 Å². The Bertz CT molecular complexity index is 886. The molecule has 0 radical (unpaired) electrons. The van der Waals surface area contributed by atoms with E-state index < -0.39 is 0 Å². The molecule has 3 aromatic rings. The fourth-order valence-electron chi connectivity index (χ4n) is 3.31. The third-order valence-electron chi connectivity index (χ3n) is 4.59. The number of hydrogen-bond acceptors (Lipinski definition) is 2. The van der Waals surface area contributed by atoms with Gasteiger partial charge in [-0.3, -0.25) is 9.78 Å². The molecule has 1 aliphatic heterocycles. The Morgan fingerprint density at radius 3 is 2.67 bits per heavy atom. The lowest BCUT2D eigenvalue weighted by Crippen LogP contribution is -2.53. The summed E-state index contributed by atoms with van der Waals surface area (Å²) >= 11 is 5.93. The Morgan fingerprint density at radius 2 is 1.88 bits per heavy atom. The maximum Gasteiger partial charge on any atom is 0.229 e. The lowest BCUT2D eigenvalue weighted by molar-refractivity contribution is -0.124. The molecule has 0 bridgehead atoms. The van der Waals surface area contributed by atoms with E-state index in [9.17, 15) is 4.79 Å². The lowest BCUT2D eigenvalue weighted by atomic mass is 9.93. The molecule has 4 rings (SSSR count). The fourth-order valence-corrected chi connectivity index (χ4v) is 3.44. The molecular weight excluding hydrogens is 320 g/mol. The van der Waals surface area contributed by atoms with Crippen LogP contribution in [0, 0.1) is 0 Å². The zero-order valence-electron chi connectivity index (χ0n) is 13.2. The monoisotopic (exact) mass is 336 g/mol. The number of rotatable bonds is 4. The summed E-state index contributed by atoms with van der Waals surface area (Å²) in [7, 11) is 0. The molecule has 0 N–H and O–H groups in total. The summed E-state index contributed by atoms with van der Waals surface area (Å²) < 4.78 is 0. The molecule has 24 heavy (non-hydrogen) atoms. The number of para-hydroxylation sites is 1. The molecule has 0 saturated carbocycles. The van der Waals surface area contributed by atoms with Crippen LogP contribution in [0.2, 0.25) is 5.02 Å². The second kappa shape index (κ2) is 6.25. The smallest absolute Gasteiger partial charge is 0.229 e. The second-order valence-corrected chi connectivity index (χ2v) is 6.58. The highest BCUT2D eigenvalue weighted by Gasteiger charge is 2.37. The topological polar surface area (TPSA) is 33.2 Å². The molecule has 0 spiro atoms. The van der Waals surface area contributed by atoms with Gasteiger partial charge in [0.1, 0.15) is 0 Å². The number of benzene rings is 2. The maximum atomic E-state index is 12.2. The number of carbonyl (C=O) groups is 1. The molecule has 3 nitrogen and oxygen atoms in total. The van der Waals surface area contributed by atoms with E-state index in [1.54, 1.807) is 6.20 Å². The van der Waals surface area contributed by atoms with Crippen molar-refractivity contribution in [2.24, 2.45) is 0 Å². The molecular formula is C20H17ClN2O. The van der Waals surface area contributed by atoms with E-state index in [-0.39, 0.29) is 11.9 Å². The van der Waals surface area contributed by atoms with Crippen molar-refractivity contribution in [3.8, 4) is 0 Å². The van der Waals surface area contributed by atoms with Crippen molar-refractivity contribution in [1.82, 2.24) is 4.98 Å². The van der Waals surface area contributed by atoms with Crippen molar-refractivity contribution in [3.63, 3.8) is 0 Å². The first-order valence-corrected chi connectivity index (χ1v) is 8.50. The van der Waals surface area contributed by atoms with Gasteiger partial charge in [-0.25, -0.2) is 0 Å². The average Bonchev–Trinajstić information content (AvgIpc) is 2.60. The summed E-state index contributed by atoms with van der Waals surface area (Å²) in [4.78, 5) is 18.6. The lowest BCUT2D eigenvalue weighted by Gasteiger charge is -2.41. The van der Waals surface area contributed by atoms with Crippen molar-refractivity contribution in [2.45, 2.75) is 25.3 Å². The summed E-state index contributed by atoms with van der Waals surface area (Å²) in [6.45, 7) is 0. The summed E-state index contributed by atoms with van der Waals surface area (Å²) in [6, 6.07) is 18.1. The predicted octanol–water partition coefficient (Wildman–Crippen LogP) is 4.63. The van der Waals surface area contributed by atoms with Crippen LogP contribution in [0.5, 0.6) is 0 Å². The number of carbonyl (C=O) groups excluding carboxylic acids is 1. The molecule has 2 heterocycles. The number of anilines is 1. The van der Waals surface area contributed by atoms with Crippen LogP contribution in [0.1, 0.15) is 18.4 Å². The SMILES string of the molecule is O=C1CC(CCc2ccc(Cl)cc2)N1c1cccc2cccnc12. The van der Waals surface area contributed by atoms with Gasteiger partial charge in [-0.05, 0) is 42.7 Å². The number of nitrogens with zero attached hydrogens (tertiary/aromatic N) is 2. The minimum atomic E-state index is 0.175. The number of aryl methyl sites for hydroxylation is 1. The van der Waals surface area contributed by atoms with Gasteiger partial charge in [0.15, 0.2) is 0 Å². The summed E-state index contributed by atoms with van der Waals surface area (Å²) in [5.41, 5.74) is 3.06. The van der Waals surface area contributed by atoms with E-state index in [1.165, 1.54) is 5.56 Å². The molecule has 1 saturated heterocycles. The van der Waals surface area contributed by atoms with Gasteiger partial charge in [0.2, 0.25) is 5.91 Å². The number of aromatic nitrogens is 1. The van der Waals surface area contributed by atoms with Gasteiger partial charge in [0, 0.05) is 29.1 Å². The molecule has 1 atom stereocenters. The summed E-state index contributed by atoms with van der Waals surface area (Å²) in [6.07, 6.45) is 4.26. The maximum absolute atomic E-state index is 12.2. The Morgan fingerprint density at radius 1 is 1.08 bits per heavy atom. The van der Waals surface area contributed by atoms with Crippen LogP contribution in [0.15, 0.2) is 60.8 Å². The number of pyridine rings is 1. The number of β-lactam (4-membered cyclic amide) rings is 1. The van der Waals surface area contributed by atoms with Gasteiger partial charge in [0.25, 0.3) is 0 Å². The number of fused-ring (bicyclic) bond motifs is 1. The Balaban J connectivity index is 1.55. The molecule has 1 unspecified atom stereocenters. The highest BCUT2D eigenvalue weighted by molar-refractivity contribution is 6.30. The zero-order chi connectivity index (χ0) is 16.5. The number of hydrogen-bond donors (Lipinski definition) is 0. The minimum absolute atomic E-state index is 0.175. The van der Waals surface area contributed by atoms with Crippen LogP contribution in [0.3, 0.4) is 0 Å². The predicted molar refractivity (Wildman–Crippen MR) is 97.4 cm³/mol. The first-order valence-electron chi connectivity index (χ1n) is 8.12. The van der Waals surface area contributed by atoms with Gasteiger partial charge in [0.05, 0.1) is 11.2 Å². The molecule has 1 fully saturated rings. The third-order valence-corrected chi connectivity index (χ3v) is 4.85. The number of halogens is 1. The van der Waals surface area contributed by atoms with Crippen molar-refractivity contribution >= 4 is 34.1 Å².